The SMILES string of the molecule is CCOC(=O)C12CCCC(C)(C)C1CCc1cc(C(C)C)c(O)cc12. The Morgan fingerprint density at radius 1 is 1.32 bits per heavy atom. The topological polar surface area (TPSA) is 46.5 Å². The van der Waals surface area contributed by atoms with Crippen molar-refractivity contribution in [3.63, 3.8) is 0 Å². The maximum atomic E-state index is 13.2. The predicted octanol–water partition coefficient (Wildman–Crippen LogP) is 5.09. The van der Waals surface area contributed by atoms with Gasteiger partial charge in [0.2, 0.25) is 0 Å². The van der Waals surface area contributed by atoms with Crippen molar-refractivity contribution in [2.75, 3.05) is 6.61 Å². The molecule has 2 aliphatic rings. The van der Waals surface area contributed by atoms with Crippen LogP contribution in [0.4, 0.5) is 0 Å². The van der Waals surface area contributed by atoms with Crippen LogP contribution in [0.25, 0.3) is 0 Å². The van der Waals surface area contributed by atoms with E-state index < -0.39 is 5.41 Å². The number of phenols is 1. The number of benzene rings is 1. The number of hydrogen-bond donors (Lipinski definition) is 1. The fourth-order valence-corrected chi connectivity index (χ4v) is 5.45. The lowest BCUT2D eigenvalue weighted by Crippen LogP contribution is -2.55. The molecule has 2 unspecified atom stereocenters. The van der Waals surface area contributed by atoms with E-state index >= 15 is 0 Å². The van der Waals surface area contributed by atoms with E-state index in [4.69, 9.17) is 4.74 Å². The van der Waals surface area contributed by atoms with Crippen molar-refractivity contribution < 1.29 is 14.6 Å². The van der Waals surface area contributed by atoms with E-state index in [1.165, 1.54) is 5.56 Å². The van der Waals surface area contributed by atoms with Gasteiger partial charge in [-0.2, -0.15) is 0 Å². The third-order valence-corrected chi connectivity index (χ3v) is 6.63. The minimum absolute atomic E-state index is 0.0922. The van der Waals surface area contributed by atoms with Crippen LogP contribution in [0, 0.1) is 11.3 Å². The highest BCUT2D eigenvalue weighted by Crippen LogP contribution is 2.58. The number of fused-ring (bicyclic) bond motifs is 3. The van der Waals surface area contributed by atoms with Crippen LogP contribution in [0.3, 0.4) is 0 Å². The molecule has 0 aliphatic heterocycles. The summed E-state index contributed by atoms with van der Waals surface area (Å²) in [4.78, 5) is 13.2. The van der Waals surface area contributed by atoms with E-state index in [0.717, 1.165) is 43.2 Å². The summed E-state index contributed by atoms with van der Waals surface area (Å²) in [5.41, 5.74) is 2.74. The van der Waals surface area contributed by atoms with Crippen LogP contribution in [0.1, 0.15) is 82.9 Å². The highest BCUT2D eigenvalue weighted by molar-refractivity contribution is 5.85. The van der Waals surface area contributed by atoms with E-state index in [9.17, 15) is 9.90 Å². The van der Waals surface area contributed by atoms with E-state index in [2.05, 4.69) is 33.8 Å². The summed E-state index contributed by atoms with van der Waals surface area (Å²) in [5.74, 6) is 0.765. The number of hydrogen-bond acceptors (Lipinski definition) is 3. The Kier molecular flexibility index (Phi) is 4.63. The first-order chi connectivity index (χ1) is 11.7. The zero-order valence-electron chi connectivity index (χ0n) is 16.3. The molecule has 0 bridgehead atoms. The number of aromatic hydroxyl groups is 1. The molecule has 0 amide bonds. The zero-order chi connectivity index (χ0) is 18.4. The quantitative estimate of drug-likeness (QED) is 0.777. The zero-order valence-corrected chi connectivity index (χ0v) is 16.3. The summed E-state index contributed by atoms with van der Waals surface area (Å²) in [6, 6.07) is 4.02. The molecule has 1 fully saturated rings. The van der Waals surface area contributed by atoms with Gasteiger partial charge in [0.15, 0.2) is 0 Å². The lowest BCUT2D eigenvalue weighted by atomic mass is 9.49. The van der Waals surface area contributed by atoms with Crippen LogP contribution in [0.15, 0.2) is 12.1 Å². The number of carbonyl (C=O) groups is 1. The summed E-state index contributed by atoms with van der Waals surface area (Å²) >= 11 is 0. The molecule has 0 radical (unpaired) electrons. The lowest BCUT2D eigenvalue weighted by molar-refractivity contribution is -0.159. The minimum Gasteiger partial charge on any atom is -0.508 e. The first-order valence-electron chi connectivity index (χ1n) is 9.77. The largest absolute Gasteiger partial charge is 0.508 e. The third kappa shape index (κ3) is 2.76. The molecule has 3 rings (SSSR count). The molecule has 1 aromatic rings. The fraction of sp³-hybridized carbons (Fsp3) is 0.682. The van der Waals surface area contributed by atoms with Gasteiger partial charge in [0, 0.05) is 0 Å². The van der Waals surface area contributed by atoms with Crippen molar-refractivity contribution in [3.8, 4) is 5.75 Å². The number of aryl methyl sites for hydroxylation is 1. The highest BCUT2D eigenvalue weighted by atomic mass is 16.5. The molecule has 0 spiro atoms. The summed E-state index contributed by atoms with van der Waals surface area (Å²) in [6.45, 7) is 11.0. The number of esters is 1. The smallest absolute Gasteiger partial charge is 0.316 e. The first kappa shape index (κ1) is 18.3. The molecule has 25 heavy (non-hydrogen) atoms. The maximum Gasteiger partial charge on any atom is 0.316 e. The molecular weight excluding hydrogens is 312 g/mol. The van der Waals surface area contributed by atoms with Gasteiger partial charge >= 0.3 is 5.97 Å². The molecule has 1 saturated carbocycles. The van der Waals surface area contributed by atoms with Crippen molar-refractivity contribution in [1.82, 2.24) is 0 Å². The number of rotatable bonds is 3. The van der Waals surface area contributed by atoms with Gasteiger partial charge in [-0.25, -0.2) is 0 Å². The summed E-state index contributed by atoms with van der Waals surface area (Å²) in [6.07, 6.45) is 4.98. The molecule has 3 heteroatoms. The molecule has 0 aromatic heterocycles. The highest BCUT2D eigenvalue weighted by Gasteiger charge is 2.58. The Hall–Kier alpha value is -1.51. The average Bonchev–Trinajstić information content (AvgIpc) is 2.53. The molecule has 138 valence electrons. The predicted molar refractivity (Wildman–Crippen MR) is 99.9 cm³/mol. The number of carbonyl (C=O) groups excluding carboxylic acids is 1. The molecule has 1 N–H and O–H groups in total. The van der Waals surface area contributed by atoms with E-state index in [-0.39, 0.29) is 23.2 Å². The van der Waals surface area contributed by atoms with Crippen molar-refractivity contribution in [2.24, 2.45) is 11.3 Å². The average molecular weight is 344 g/mol. The van der Waals surface area contributed by atoms with Crippen molar-refractivity contribution >= 4 is 5.97 Å². The second-order valence-corrected chi connectivity index (χ2v) is 8.85. The van der Waals surface area contributed by atoms with E-state index in [1.54, 1.807) is 0 Å². The van der Waals surface area contributed by atoms with Gasteiger partial charge in [0.25, 0.3) is 0 Å². The Bertz CT molecular complexity index is 674. The van der Waals surface area contributed by atoms with Gasteiger partial charge < -0.3 is 9.84 Å². The Morgan fingerprint density at radius 3 is 2.68 bits per heavy atom. The second-order valence-electron chi connectivity index (χ2n) is 8.85. The molecule has 1 aromatic carbocycles. The summed E-state index contributed by atoms with van der Waals surface area (Å²) in [7, 11) is 0. The van der Waals surface area contributed by atoms with Gasteiger partial charge in [-0.1, -0.05) is 40.2 Å². The van der Waals surface area contributed by atoms with Crippen LogP contribution in [-0.2, 0) is 21.4 Å². The molecule has 2 atom stereocenters. The molecule has 0 heterocycles. The van der Waals surface area contributed by atoms with Gasteiger partial charge in [-0.3, -0.25) is 4.79 Å². The number of ether oxygens (including phenoxy) is 1. The third-order valence-electron chi connectivity index (χ3n) is 6.63. The summed E-state index contributed by atoms with van der Waals surface area (Å²) in [5, 5.41) is 10.6. The van der Waals surface area contributed by atoms with Crippen LogP contribution in [-0.4, -0.2) is 17.7 Å². The minimum atomic E-state index is -0.599. The Morgan fingerprint density at radius 2 is 2.04 bits per heavy atom. The molecular formula is C22H32O3. The van der Waals surface area contributed by atoms with Gasteiger partial charge in [-0.05, 0) is 72.6 Å². The van der Waals surface area contributed by atoms with E-state index in [0.29, 0.717) is 12.4 Å². The van der Waals surface area contributed by atoms with Crippen LogP contribution in [0.2, 0.25) is 0 Å². The number of phenolic OH excluding ortho intramolecular Hbond substituents is 1. The monoisotopic (exact) mass is 344 g/mol. The fourth-order valence-electron chi connectivity index (χ4n) is 5.45. The van der Waals surface area contributed by atoms with E-state index in [1.807, 2.05) is 13.0 Å². The molecule has 0 saturated heterocycles. The normalized spacial score (nSPS) is 27.5. The van der Waals surface area contributed by atoms with Crippen LogP contribution in [0.5, 0.6) is 5.75 Å². The first-order valence-corrected chi connectivity index (χ1v) is 9.77. The Balaban J connectivity index is 2.21. The summed E-state index contributed by atoms with van der Waals surface area (Å²) < 4.78 is 5.59. The van der Waals surface area contributed by atoms with Crippen molar-refractivity contribution in [1.29, 1.82) is 0 Å². The maximum absolute atomic E-state index is 13.2. The molecule has 3 nitrogen and oxygen atoms in total. The second kappa shape index (κ2) is 6.34. The lowest BCUT2D eigenvalue weighted by Gasteiger charge is -2.54. The van der Waals surface area contributed by atoms with Gasteiger partial charge in [-0.15, -0.1) is 0 Å². The Labute approximate surface area is 151 Å². The van der Waals surface area contributed by atoms with Crippen molar-refractivity contribution in [3.05, 3.63) is 28.8 Å². The van der Waals surface area contributed by atoms with Crippen LogP contribution >= 0.6 is 0 Å². The standard InChI is InChI=1S/C22H32O3/c1-6-25-20(24)22-11-7-10-21(4,5)19(22)9-8-15-12-16(14(2)3)18(23)13-17(15)22/h12-14,19,23H,6-11H2,1-5H3. The van der Waals surface area contributed by atoms with Crippen molar-refractivity contribution in [2.45, 2.75) is 78.1 Å². The molecule has 2 aliphatic carbocycles. The van der Waals surface area contributed by atoms with Gasteiger partial charge in [0.1, 0.15) is 5.75 Å². The van der Waals surface area contributed by atoms with Crippen LogP contribution < -0.4 is 0 Å². The van der Waals surface area contributed by atoms with Gasteiger partial charge in [0.05, 0.1) is 12.0 Å².